The van der Waals surface area contributed by atoms with Crippen LogP contribution in [0.15, 0.2) is 24.3 Å². The summed E-state index contributed by atoms with van der Waals surface area (Å²) in [5.74, 6) is -6.38. The van der Waals surface area contributed by atoms with Crippen LogP contribution < -0.4 is 0 Å². The fourth-order valence-electron chi connectivity index (χ4n) is 2.68. The Labute approximate surface area is 129 Å². The molecule has 122 valence electrons. The van der Waals surface area contributed by atoms with Crippen molar-refractivity contribution in [3.8, 4) is 0 Å². The third kappa shape index (κ3) is 3.59. The van der Waals surface area contributed by atoms with E-state index in [-0.39, 0.29) is 24.3 Å². The molecule has 0 aliphatic heterocycles. The number of benzene rings is 1. The van der Waals surface area contributed by atoms with Crippen molar-refractivity contribution in [3.63, 3.8) is 0 Å². The second-order valence-electron chi connectivity index (χ2n) is 5.74. The molecule has 1 saturated carbocycles. The molecule has 1 fully saturated rings. The Hall–Kier alpha value is -1.17. The van der Waals surface area contributed by atoms with E-state index in [4.69, 9.17) is 11.6 Å². The van der Waals surface area contributed by atoms with E-state index in [0.29, 0.717) is 5.56 Å². The molecule has 0 aromatic heterocycles. The van der Waals surface area contributed by atoms with Crippen LogP contribution in [0.25, 0.3) is 0 Å². The van der Waals surface area contributed by atoms with Gasteiger partial charge in [-0.05, 0) is 28.6 Å². The molecule has 1 nitrogen and oxygen atoms in total. The van der Waals surface area contributed by atoms with Crippen LogP contribution in [0.2, 0.25) is 0 Å². The van der Waals surface area contributed by atoms with E-state index in [1.165, 1.54) is 24.3 Å². The molecule has 0 amide bonds. The molecule has 0 saturated heterocycles. The fraction of sp³-hybridized carbons (Fsp3) is 0.533. The topological polar surface area (TPSA) is 17.1 Å². The molecule has 1 aliphatic rings. The van der Waals surface area contributed by atoms with Gasteiger partial charge in [-0.2, -0.15) is 13.2 Å². The fourth-order valence-corrected chi connectivity index (χ4v) is 2.99. The van der Waals surface area contributed by atoms with Gasteiger partial charge in [0.2, 0.25) is 11.2 Å². The third-order valence-electron chi connectivity index (χ3n) is 4.12. The van der Waals surface area contributed by atoms with E-state index in [1.54, 1.807) is 0 Å². The maximum absolute atomic E-state index is 12.8. The average Bonchev–Trinajstić information content (AvgIpc) is 2.35. The molecule has 1 aromatic rings. The van der Waals surface area contributed by atoms with E-state index in [9.17, 15) is 26.7 Å². The van der Waals surface area contributed by atoms with Gasteiger partial charge in [0.1, 0.15) is 0 Å². The summed E-state index contributed by atoms with van der Waals surface area (Å²) in [5.41, 5.74) is 0.773. The largest absolute Gasteiger partial charge is 0.392 e. The number of alkyl halides is 5. The molecule has 0 bridgehead atoms. The van der Waals surface area contributed by atoms with Crippen LogP contribution in [0.3, 0.4) is 0 Å². The summed E-state index contributed by atoms with van der Waals surface area (Å²) in [6.45, 7) is 0.894. The Morgan fingerprint density at radius 3 is 2.09 bits per heavy atom. The molecule has 22 heavy (non-hydrogen) atoms. The maximum atomic E-state index is 12.8. The minimum absolute atomic E-state index is 0.139. The van der Waals surface area contributed by atoms with Gasteiger partial charge in [-0.3, -0.25) is 4.79 Å². The van der Waals surface area contributed by atoms with Crippen LogP contribution in [0.5, 0.6) is 0 Å². The molecule has 2 rings (SSSR count). The van der Waals surface area contributed by atoms with Gasteiger partial charge in [0.15, 0.2) is 0 Å². The monoisotopic (exact) mass is 340 g/mol. The molecule has 0 spiro atoms. The lowest BCUT2D eigenvalue weighted by Gasteiger charge is -2.35. The first-order valence-corrected chi connectivity index (χ1v) is 7.13. The number of rotatable bonds is 4. The van der Waals surface area contributed by atoms with Crippen LogP contribution in [-0.4, -0.2) is 17.3 Å². The first-order valence-electron chi connectivity index (χ1n) is 6.75. The Bertz CT molecular complexity index is 544. The maximum Gasteiger partial charge on any atom is 0.392 e. The predicted octanol–water partition coefficient (Wildman–Crippen LogP) is 5.25. The SMILES string of the molecule is C[C@H]([C@H](C(=O)Cl)c1ccc(C2CC(F)(F)C2)cc1)C(F)(F)F. The number of hydrogen-bond acceptors (Lipinski definition) is 1. The molecule has 7 heteroatoms. The number of halogens is 6. The van der Waals surface area contributed by atoms with Gasteiger partial charge in [0.25, 0.3) is 0 Å². The van der Waals surface area contributed by atoms with Crippen molar-refractivity contribution in [2.24, 2.45) is 5.92 Å². The van der Waals surface area contributed by atoms with E-state index >= 15 is 0 Å². The zero-order valence-electron chi connectivity index (χ0n) is 11.6. The van der Waals surface area contributed by atoms with E-state index < -0.39 is 29.2 Å². The predicted molar refractivity (Wildman–Crippen MR) is 72.2 cm³/mol. The zero-order chi connectivity index (χ0) is 16.7. The lowest BCUT2D eigenvalue weighted by molar-refractivity contribution is -0.177. The summed E-state index contributed by atoms with van der Waals surface area (Å²) in [6.07, 6.45) is -5.07. The highest BCUT2D eigenvalue weighted by Gasteiger charge is 2.46. The van der Waals surface area contributed by atoms with Crippen LogP contribution in [-0.2, 0) is 4.79 Å². The standard InChI is InChI=1S/C15H14ClF5O/c1-8(15(19,20)21)12(13(16)22)10-4-2-9(3-5-10)11-6-14(17,18)7-11/h2-5,8,11-12H,6-7H2,1H3/t8-,12+/m1/s1. The average molecular weight is 341 g/mol. The Kier molecular flexibility index (Phi) is 4.53. The van der Waals surface area contributed by atoms with Gasteiger partial charge in [-0.1, -0.05) is 31.2 Å². The minimum Gasteiger partial charge on any atom is -0.281 e. The van der Waals surface area contributed by atoms with Crippen LogP contribution in [0.1, 0.15) is 42.7 Å². The lowest BCUT2D eigenvalue weighted by Crippen LogP contribution is -2.33. The molecule has 1 aromatic carbocycles. The molecular weight excluding hydrogens is 327 g/mol. The molecule has 0 N–H and O–H groups in total. The first-order chi connectivity index (χ1) is 10.0. The van der Waals surface area contributed by atoms with Crippen LogP contribution in [0.4, 0.5) is 22.0 Å². The smallest absolute Gasteiger partial charge is 0.281 e. The quantitative estimate of drug-likeness (QED) is 0.540. The van der Waals surface area contributed by atoms with Crippen molar-refractivity contribution in [2.45, 2.75) is 43.7 Å². The Morgan fingerprint density at radius 1 is 1.23 bits per heavy atom. The lowest BCUT2D eigenvalue weighted by atomic mass is 9.76. The van der Waals surface area contributed by atoms with E-state index in [0.717, 1.165) is 6.92 Å². The van der Waals surface area contributed by atoms with E-state index in [1.807, 2.05) is 0 Å². The summed E-state index contributed by atoms with van der Waals surface area (Å²) < 4.78 is 64.1. The summed E-state index contributed by atoms with van der Waals surface area (Å²) in [6, 6.07) is 5.70. The normalized spacial score (nSPS) is 21.0. The molecule has 2 atom stereocenters. The number of carbonyl (C=O) groups is 1. The van der Waals surface area contributed by atoms with Crippen molar-refractivity contribution < 1.29 is 26.7 Å². The van der Waals surface area contributed by atoms with Gasteiger partial charge in [-0.25, -0.2) is 8.78 Å². The van der Waals surface area contributed by atoms with E-state index in [2.05, 4.69) is 0 Å². The summed E-state index contributed by atoms with van der Waals surface area (Å²) in [7, 11) is 0. The molecule has 0 radical (unpaired) electrons. The highest BCUT2D eigenvalue weighted by Crippen LogP contribution is 2.48. The third-order valence-corrected chi connectivity index (χ3v) is 4.35. The highest BCUT2D eigenvalue weighted by atomic mass is 35.5. The Balaban J connectivity index is 2.18. The summed E-state index contributed by atoms with van der Waals surface area (Å²) >= 11 is 5.32. The van der Waals surface area contributed by atoms with Crippen molar-refractivity contribution in [1.82, 2.24) is 0 Å². The van der Waals surface area contributed by atoms with Crippen LogP contribution in [0, 0.1) is 5.92 Å². The van der Waals surface area contributed by atoms with Crippen molar-refractivity contribution in [3.05, 3.63) is 35.4 Å². The number of hydrogen-bond donors (Lipinski definition) is 0. The van der Waals surface area contributed by atoms with Gasteiger partial charge < -0.3 is 0 Å². The zero-order valence-corrected chi connectivity index (χ0v) is 12.4. The molecule has 1 aliphatic carbocycles. The Morgan fingerprint density at radius 2 is 1.73 bits per heavy atom. The van der Waals surface area contributed by atoms with Gasteiger partial charge in [0, 0.05) is 12.8 Å². The summed E-state index contributed by atoms with van der Waals surface area (Å²) in [4.78, 5) is 11.4. The van der Waals surface area contributed by atoms with Crippen molar-refractivity contribution in [2.75, 3.05) is 0 Å². The van der Waals surface area contributed by atoms with Gasteiger partial charge >= 0.3 is 6.18 Å². The van der Waals surface area contributed by atoms with Crippen LogP contribution >= 0.6 is 11.6 Å². The molecule has 0 unspecified atom stereocenters. The van der Waals surface area contributed by atoms with Gasteiger partial charge in [-0.15, -0.1) is 0 Å². The second-order valence-corrected chi connectivity index (χ2v) is 6.11. The molecule has 0 heterocycles. The second kappa shape index (κ2) is 5.80. The minimum atomic E-state index is -4.55. The van der Waals surface area contributed by atoms with Gasteiger partial charge in [0.05, 0.1) is 11.8 Å². The molecular formula is C15H14ClF5O. The highest BCUT2D eigenvalue weighted by molar-refractivity contribution is 6.64. The first kappa shape index (κ1) is 17.2. The van der Waals surface area contributed by atoms with Crippen molar-refractivity contribution >= 4 is 16.8 Å². The summed E-state index contributed by atoms with van der Waals surface area (Å²) in [5, 5.41) is -1.09. The van der Waals surface area contributed by atoms with Crippen molar-refractivity contribution in [1.29, 1.82) is 0 Å². The number of carbonyl (C=O) groups excluding carboxylic acids is 1.